The van der Waals surface area contributed by atoms with E-state index in [1.807, 2.05) is 55.1 Å². The summed E-state index contributed by atoms with van der Waals surface area (Å²) in [5.41, 5.74) is 4.30. The Labute approximate surface area is 181 Å². The quantitative estimate of drug-likeness (QED) is 0.501. The Balaban J connectivity index is 1.89. The second-order valence-electron chi connectivity index (χ2n) is 7.22. The molecular formula is C23H27N3O3S. The van der Waals surface area contributed by atoms with E-state index in [-0.39, 0.29) is 12.2 Å². The van der Waals surface area contributed by atoms with Crippen LogP contribution in [0, 0.1) is 13.8 Å². The summed E-state index contributed by atoms with van der Waals surface area (Å²) in [6.07, 6.45) is 0.539. The molecule has 7 heteroatoms. The van der Waals surface area contributed by atoms with Gasteiger partial charge in [0.2, 0.25) is 0 Å². The molecule has 158 valence electrons. The van der Waals surface area contributed by atoms with Crippen LogP contribution in [0.25, 0.3) is 10.9 Å². The van der Waals surface area contributed by atoms with Crippen molar-refractivity contribution in [3.63, 3.8) is 0 Å². The van der Waals surface area contributed by atoms with E-state index in [4.69, 9.17) is 17.0 Å². The highest BCUT2D eigenvalue weighted by atomic mass is 32.1. The zero-order chi connectivity index (χ0) is 21.7. The van der Waals surface area contributed by atoms with E-state index in [2.05, 4.69) is 16.4 Å². The summed E-state index contributed by atoms with van der Waals surface area (Å²) in [5, 5.41) is 14.0. The van der Waals surface area contributed by atoms with Crippen LogP contribution in [0.1, 0.15) is 23.1 Å². The van der Waals surface area contributed by atoms with Crippen molar-refractivity contribution >= 4 is 33.9 Å². The van der Waals surface area contributed by atoms with Crippen LogP contribution >= 0.6 is 12.2 Å². The van der Waals surface area contributed by atoms with Gasteiger partial charge in [-0.05, 0) is 67.2 Å². The van der Waals surface area contributed by atoms with Gasteiger partial charge in [0.1, 0.15) is 5.75 Å². The molecule has 1 aromatic heterocycles. The van der Waals surface area contributed by atoms with E-state index >= 15 is 0 Å². The molecule has 0 amide bonds. The standard InChI is InChI=1S/C23H27N3O3S/c1-15-9-10-17-13-18(22(28)25-21(17)16(15)2)14-26(11-6-12-27)23(30)24-19-7-4-5-8-20(19)29-3/h4-5,7-10,13,27H,6,11-12,14H2,1-3H3,(H,24,30)(H,25,28). The first kappa shape index (κ1) is 21.8. The number of benzene rings is 2. The third-order valence-corrected chi connectivity index (χ3v) is 5.57. The maximum absolute atomic E-state index is 12.8. The smallest absolute Gasteiger partial charge is 0.253 e. The number of aliphatic hydroxyl groups is 1. The van der Waals surface area contributed by atoms with Gasteiger partial charge in [0.25, 0.3) is 5.56 Å². The number of thiocarbonyl (C=S) groups is 1. The Hall–Kier alpha value is -2.90. The summed E-state index contributed by atoms with van der Waals surface area (Å²) in [6.45, 7) is 4.92. The monoisotopic (exact) mass is 425 g/mol. The van der Waals surface area contributed by atoms with Gasteiger partial charge in [0.15, 0.2) is 5.11 Å². The van der Waals surface area contributed by atoms with Crippen molar-refractivity contribution in [1.82, 2.24) is 9.88 Å². The number of rotatable bonds is 7. The lowest BCUT2D eigenvalue weighted by molar-refractivity contribution is 0.265. The maximum atomic E-state index is 12.8. The summed E-state index contributed by atoms with van der Waals surface area (Å²) >= 11 is 5.62. The van der Waals surface area contributed by atoms with E-state index in [0.717, 1.165) is 27.7 Å². The molecule has 0 aliphatic carbocycles. The minimum absolute atomic E-state index is 0.0420. The van der Waals surface area contributed by atoms with Crippen LogP contribution in [0.4, 0.5) is 5.69 Å². The maximum Gasteiger partial charge on any atom is 0.253 e. The molecule has 0 aliphatic heterocycles. The number of nitrogens with one attached hydrogen (secondary N) is 2. The number of aromatic nitrogens is 1. The summed E-state index contributed by atoms with van der Waals surface area (Å²) in [4.78, 5) is 17.7. The molecule has 0 spiro atoms. The van der Waals surface area contributed by atoms with Crippen molar-refractivity contribution in [3.05, 3.63) is 69.5 Å². The van der Waals surface area contributed by atoms with Gasteiger partial charge in [0.05, 0.1) is 24.9 Å². The first-order valence-corrected chi connectivity index (χ1v) is 10.3. The molecule has 3 N–H and O–H groups in total. The van der Waals surface area contributed by atoms with Crippen LogP contribution in [-0.2, 0) is 6.54 Å². The molecule has 0 bridgehead atoms. The van der Waals surface area contributed by atoms with Gasteiger partial charge in [-0.3, -0.25) is 4.79 Å². The third kappa shape index (κ3) is 4.80. The number of methoxy groups -OCH3 is 1. The number of nitrogens with zero attached hydrogens (tertiary/aromatic N) is 1. The number of hydrogen-bond donors (Lipinski definition) is 3. The molecule has 2 aromatic carbocycles. The van der Waals surface area contributed by atoms with Crippen LogP contribution in [0.3, 0.4) is 0 Å². The fraction of sp³-hybridized carbons (Fsp3) is 0.304. The summed E-state index contributed by atoms with van der Waals surface area (Å²) < 4.78 is 5.38. The molecule has 0 atom stereocenters. The van der Waals surface area contributed by atoms with Crippen molar-refractivity contribution in [2.45, 2.75) is 26.8 Å². The van der Waals surface area contributed by atoms with Crippen LogP contribution < -0.4 is 15.6 Å². The van der Waals surface area contributed by atoms with E-state index < -0.39 is 0 Å². The molecule has 0 aliphatic rings. The molecule has 3 aromatic rings. The zero-order valence-electron chi connectivity index (χ0n) is 17.5. The number of para-hydroxylation sites is 2. The molecular weight excluding hydrogens is 398 g/mol. The SMILES string of the molecule is COc1ccccc1NC(=S)N(CCCO)Cc1cc2ccc(C)c(C)c2[nH]c1=O. The lowest BCUT2D eigenvalue weighted by Gasteiger charge is -2.26. The fourth-order valence-electron chi connectivity index (χ4n) is 3.35. The minimum Gasteiger partial charge on any atom is -0.495 e. The summed E-state index contributed by atoms with van der Waals surface area (Å²) in [7, 11) is 1.60. The number of anilines is 1. The number of ether oxygens (including phenoxy) is 1. The van der Waals surface area contributed by atoms with Gasteiger partial charge in [-0.1, -0.05) is 24.3 Å². The Morgan fingerprint density at radius 1 is 1.23 bits per heavy atom. The van der Waals surface area contributed by atoms with Gasteiger partial charge >= 0.3 is 0 Å². The Bertz CT molecular complexity index is 1110. The molecule has 1 heterocycles. The molecule has 6 nitrogen and oxygen atoms in total. The highest BCUT2D eigenvalue weighted by molar-refractivity contribution is 7.80. The van der Waals surface area contributed by atoms with Crippen molar-refractivity contribution in [1.29, 1.82) is 0 Å². The van der Waals surface area contributed by atoms with Crippen LogP contribution in [0.5, 0.6) is 5.75 Å². The van der Waals surface area contributed by atoms with Gasteiger partial charge in [-0.15, -0.1) is 0 Å². The highest BCUT2D eigenvalue weighted by Gasteiger charge is 2.15. The van der Waals surface area contributed by atoms with Crippen molar-refractivity contribution in [3.8, 4) is 5.75 Å². The fourth-order valence-corrected chi connectivity index (χ4v) is 3.62. The second-order valence-corrected chi connectivity index (χ2v) is 7.61. The van der Waals surface area contributed by atoms with E-state index in [0.29, 0.717) is 35.9 Å². The molecule has 0 saturated heterocycles. The summed E-state index contributed by atoms with van der Waals surface area (Å²) in [6, 6.07) is 13.5. The average Bonchev–Trinajstić information content (AvgIpc) is 2.75. The number of hydrogen-bond acceptors (Lipinski definition) is 4. The second kappa shape index (κ2) is 9.73. The number of H-pyrrole nitrogens is 1. The minimum atomic E-state index is -0.134. The van der Waals surface area contributed by atoms with Crippen LogP contribution in [-0.4, -0.2) is 40.4 Å². The number of aromatic amines is 1. The number of fused-ring (bicyclic) bond motifs is 1. The molecule has 0 unspecified atom stereocenters. The molecule has 30 heavy (non-hydrogen) atoms. The van der Waals surface area contributed by atoms with E-state index in [9.17, 15) is 9.90 Å². The van der Waals surface area contributed by atoms with Gasteiger partial charge < -0.3 is 25.0 Å². The third-order valence-electron chi connectivity index (χ3n) is 5.21. The lowest BCUT2D eigenvalue weighted by atomic mass is 10.0. The predicted octanol–water partition coefficient (Wildman–Crippen LogP) is 3.73. The highest BCUT2D eigenvalue weighted by Crippen LogP contribution is 2.24. The van der Waals surface area contributed by atoms with Gasteiger partial charge in [-0.25, -0.2) is 0 Å². The van der Waals surface area contributed by atoms with Crippen molar-refractivity contribution in [2.75, 3.05) is 25.6 Å². The molecule has 0 saturated carbocycles. The first-order valence-electron chi connectivity index (χ1n) is 9.86. The van der Waals surface area contributed by atoms with Crippen molar-refractivity contribution in [2.24, 2.45) is 0 Å². The number of pyridine rings is 1. The number of aryl methyl sites for hydroxylation is 2. The average molecular weight is 426 g/mol. The Morgan fingerprint density at radius 2 is 2.00 bits per heavy atom. The molecule has 0 radical (unpaired) electrons. The topological polar surface area (TPSA) is 77.6 Å². The van der Waals surface area contributed by atoms with E-state index in [1.165, 1.54) is 0 Å². The molecule has 3 rings (SSSR count). The largest absolute Gasteiger partial charge is 0.495 e. The Morgan fingerprint density at radius 3 is 2.73 bits per heavy atom. The number of aliphatic hydroxyl groups excluding tert-OH is 1. The first-order chi connectivity index (χ1) is 14.4. The normalized spacial score (nSPS) is 10.8. The van der Waals surface area contributed by atoms with Gasteiger partial charge in [-0.2, -0.15) is 0 Å². The zero-order valence-corrected chi connectivity index (χ0v) is 18.3. The van der Waals surface area contributed by atoms with Crippen molar-refractivity contribution < 1.29 is 9.84 Å². The molecule has 0 fully saturated rings. The van der Waals surface area contributed by atoms with E-state index in [1.54, 1.807) is 7.11 Å². The predicted molar refractivity (Wildman–Crippen MR) is 125 cm³/mol. The van der Waals surface area contributed by atoms with Gasteiger partial charge in [0, 0.05) is 18.7 Å². The lowest BCUT2D eigenvalue weighted by Crippen LogP contribution is -2.37. The summed E-state index contributed by atoms with van der Waals surface area (Å²) in [5.74, 6) is 0.677. The Kier molecular flexibility index (Phi) is 7.07. The van der Waals surface area contributed by atoms with Crippen LogP contribution in [0.2, 0.25) is 0 Å². The van der Waals surface area contributed by atoms with Crippen LogP contribution in [0.15, 0.2) is 47.3 Å².